The summed E-state index contributed by atoms with van der Waals surface area (Å²) in [7, 11) is 0. The van der Waals surface area contributed by atoms with Crippen molar-refractivity contribution in [2.75, 3.05) is 19.6 Å². The third-order valence-corrected chi connectivity index (χ3v) is 5.00. The van der Waals surface area contributed by atoms with Crippen LogP contribution in [0.25, 0.3) is 0 Å². The first-order chi connectivity index (χ1) is 9.30. The van der Waals surface area contributed by atoms with Crippen LogP contribution in [0.5, 0.6) is 0 Å². The molecule has 3 heteroatoms. The molecule has 1 atom stereocenters. The zero-order valence-electron chi connectivity index (χ0n) is 14.2. The van der Waals surface area contributed by atoms with Gasteiger partial charge in [-0.1, -0.05) is 47.5 Å². The second-order valence-electron chi connectivity index (χ2n) is 7.59. The summed E-state index contributed by atoms with van der Waals surface area (Å²) in [4.78, 5) is 15.1. The molecule has 0 aliphatic carbocycles. The van der Waals surface area contributed by atoms with E-state index in [0.29, 0.717) is 18.4 Å². The summed E-state index contributed by atoms with van der Waals surface area (Å²) in [6.07, 6.45) is 5.03. The SMILES string of the molecule is CCCC(CN)(CCC)C(=O)N1CCC(C(C)(C)C)C1. The molecule has 1 aliphatic heterocycles. The molecule has 0 bridgehead atoms. The highest BCUT2D eigenvalue weighted by molar-refractivity contribution is 5.83. The maximum Gasteiger partial charge on any atom is 0.230 e. The Kier molecular flexibility index (Phi) is 6.06. The first-order valence-electron chi connectivity index (χ1n) is 8.30. The first-order valence-corrected chi connectivity index (χ1v) is 8.30. The van der Waals surface area contributed by atoms with Crippen LogP contribution in [0.2, 0.25) is 0 Å². The highest BCUT2D eigenvalue weighted by atomic mass is 16.2. The maximum atomic E-state index is 13.0. The van der Waals surface area contributed by atoms with Gasteiger partial charge in [0.25, 0.3) is 0 Å². The monoisotopic (exact) mass is 282 g/mol. The highest BCUT2D eigenvalue weighted by Crippen LogP contribution is 2.37. The number of hydrogen-bond acceptors (Lipinski definition) is 2. The highest BCUT2D eigenvalue weighted by Gasteiger charge is 2.42. The van der Waals surface area contributed by atoms with Gasteiger partial charge in [-0.05, 0) is 30.6 Å². The van der Waals surface area contributed by atoms with E-state index >= 15 is 0 Å². The van der Waals surface area contributed by atoms with Crippen molar-refractivity contribution < 1.29 is 4.79 Å². The van der Waals surface area contributed by atoms with Crippen LogP contribution < -0.4 is 5.73 Å². The lowest BCUT2D eigenvalue weighted by Crippen LogP contribution is -2.47. The second-order valence-corrected chi connectivity index (χ2v) is 7.59. The number of amides is 1. The van der Waals surface area contributed by atoms with Crippen LogP contribution >= 0.6 is 0 Å². The zero-order valence-corrected chi connectivity index (χ0v) is 14.2. The van der Waals surface area contributed by atoms with Crippen molar-refractivity contribution in [3.63, 3.8) is 0 Å². The molecule has 2 N–H and O–H groups in total. The fraction of sp³-hybridized carbons (Fsp3) is 0.941. The van der Waals surface area contributed by atoms with Gasteiger partial charge in [0.05, 0.1) is 5.41 Å². The Morgan fingerprint density at radius 1 is 1.20 bits per heavy atom. The Bertz CT molecular complexity index is 313. The lowest BCUT2D eigenvalue weighted by atomic mass is 9.77. The summed E-state index contributed by atoms with van der Waals surface area (Å²) in [5, 5.41) is 0. The van der Waals surface area contributed by atoms with E-state index in [-0.39, 0.29) is 10.8 Å². The molecule has 0 radical (unpaired) electrons. The molecule has 1 heterocycles. The van der Waals surface area contributed by atoms with Crippen molar-refractivity contribution in [2.24, 2.45) is 22.5 Å². The minimum absolute atomic E-state index is 0.288. The van der Waals surface area contributed by atoms with Crippen molar-refractivity contribution in [1.29, 1.82) is 0 Å². The molecule has 0 aromatic heterocycles. The van der Waals surface area contributed by atoms with Crippen LogP contribution in [0.15, 0.2) is 0 Å². The molecule has 1 saturated heterocycles. The first kappa shape index (κ1) is 17.5. The van der Waals surface area contributed by atoms with Gasteiger partial charge in [-0.25, -0.2) is 0 Å². The van der Waals surface area contributed by atoms with Crippen LogP contribution in [0.3, 0.4) is 0 Å². The van der Waals surface area contributed by atoms with Crippen molar-refractivity contribution in [2.45, 2.75) is 66.7 Å². The number of carbonyl (C=O) groups is 1. The molecule has 1 fully saturated rings. The number of nitrogens with zero attached hydrogens (tertiary/aromatic N) is 1. The molecule has 1 unspecified atom stereocenters. The quantitative estimate of drug-likeness (QED) is 0.811. The topological polar surface area (TPSA) is 46.3 Å². The molecule has 1 rings (SSSR count). The van der Waals surface area contributed by atoms with Crippen molar-refractivity contribution >= 4 is 5.91 Å². The van der Waals surface area contributed by atoms with Gasteiger partial charge in [0.1, 0.15) is 0 Å². The summed E-state index contributed by atoms with van der Waals surface area (Å²) in [5.74, 6) is 0.931. The van der Waals surface area contributed by atoms with Gasteiger partial charge in [-0.3, -0.25) is 4.79 Å². The van der Waals surface area contributed by atoms with E-state index in [1.807, 2.05) is 0 Å². The van der Waals surface area contributed by atoms with E-state index in [1.165, 1.54) is 0 Å². The van der Waals surface area contributed by atoms with Crippen LogP contribution in [-0.4, -0.2) is 30.4 Å². The second kappa shape index (κ2) is 6.93. The Morgan fingerprint density at radius 2 is 1.75 bits per heavy atom. The van der Waals surface area contributed by atoms with E-state index in [1.54, 1.807) is 0 Å². The van der Waals surface area contributed by atoms with Gasteiger partial charge in [0.2, 0.25) is 5.91 Å². The molecule has 0 aromatic rings. The molecule has 3 nitrogen and oxygen atoms in total. The average Bonchev–Trinajstić information content (AvgIpc) is 2.86. The van der Waals surface area contributed by atoms with Gasteiger partial charge in [-0.2, -0.15) is 0 Å². The summed E-state index contributed by atoms with van der Waals surface area (Å²) in [6, 6.07) is 0. The maximum absolute atomic E-state index is 13.0. The molecule has 0 saturated carbocycles. The number of likely N-dealkylation sites (tertiary alicyclic amines) is 1. The predicted molar refractivity (Wildman–Crippen MR) is 85.4 cm³/mol. The molecule has 0 aromatic carbocycles. The molecule has 0 spiro atoms. The lowest BCUT2D eigenvalue weighted by Gasteiger charge is -2.35. The van der Waals surface area contributed by atoms with Gasteiger partial charge in [0.15, 0.2) is 0 Å². The van der Waals surface area contributed by atoms with Gasteiger partial charge in [0, 0.05) is 19.6 Å². The van der Waals surface area contributed by atoms with E-state index in [4.69, 9.17) is 5.73 Å². The van der Waals surface area contributed by atoms with Gasteiger partial charge < -0.3 is 10.6 Å². The van der Waals surface area contributed by atoms with Crippen LogP contribution in [-0.2, 0) is 4.79 Å². The largest absolute Gasteiger partial charge is 0.342 e. The van der Waals surface area contributed by atoms with Gasteiger partial charge in [-0.15, -0.1) is 0 Å². The standard InChI is InChI=1S/C17H34N2O/c1-6-9-17(13-18,10-7-2)15(20)19-11-8-14(12-19)16(3,4)5/h14H,6-13,18H2,1-5H3. The Labute approximate surface area is 125 Å². The minimum atomic E-state index is -0.309. The van der Waals surface area contributed by atoms with Gasteiger partial charge >= 0.3 is 0 Å². The lowest BCUT2D eigenvalue weighted by molar-refractivity contribution is -0.141. The van der Waals surface area contributed by atoms with E-state index < -0.39 is 0 Å². The minimum Gasteiger partial charge on any atom is -0.342 e. The van der Waals surface area contributed by atoms with Crippen LogP contribution in [0, 0.1) is 16.7 Å². The van der Waals surface area contributed by atoms with E-state index in [9.17, 15) is 4.79 Å². The Balaban J connectivity index is 2.81. The fourth-order valence-corrected chi connectivity index (χ4v) is 3.57. The summed E-state index contributed by atoms with van der Waals surface area (Å²) in [6.45, 7) is 13.4. The normalized spacial score (nSPS) is 20.5. The molecule has 118 valence electrons. The van der Waals surface area contributed by atoms with E-state index in [0.717, 1.165) is 45.2 Å². The molecular weight excluding hydrogens is 248 g/mol. The molecule has 20 heavy (non-hydrogen) atoms. The molecular formula is C17H34N2O. The number of rotatable bonds is 6. The van der Waals surface area contributed by atoms with Crippen molar-refractivity contribution in [1.82, 2.24) is 4.90 Å². The molecule has 1 aliphatic rings. The van der Waals surface area contributed by atoms with E-state index in [2.05, 4.69) is 39.5 Å². The average molecular weight is 282 g/mol. The predicted octanol–water partition coefficient (Wildman–Crippen LogP) is 3.43. The van der Waals surface area contributed by atoms with Crippen LogP contribution in [0.4, 0.5) is 0 Å². The Hall–Kier alpha value is -0.570. The number of nitrogens with two attached hydrogens (primary N) is 1. The number of carbonyl (C=O) groups excluding carboxylic acids is 1. The third kappa shape index (κ3) is 3.75. The fourth-order valence-electron chi connectivity index (χ4n) is 3.57. The summed E-state index contributed by atoms with van der Waals surface area (Å²) < 4.78 is 0. The van der Waals surface area contributed by atoms with Crippen molar-refractivity contribution in [3.8, 4) is 0 Å². The zero-order chi connectivity index (χ0) is 15.4. The smallest absolute Gasteiger partial charge is 0.230 e. The number of hydrogen-bond donors (Lipinski definition) is 1. The van der Waals surface area contributed by atoms with Crippen molar-refractivity contribution in [3.05, 3.63) is 0 Å². The summed E-state index contributed by atoms with van der Waals surface area (Å²) >= 11 is 0. The Morgan fingerprint density at radius 3 is 2.10 bits per heavy atom. The molecule has 1 amide bonds. The summed E-state index contributed by atoms with van der Waals surface area (Å²) in [5.41, 5.74) is 6.00. The third-order valence-electron chi connectivity index (χ3n) is 5.00. The van der Waals surface area contributed by atoms with Crippen LogP contribution in [0.1, 0.15) is 66.7 Å².